The van der Waals surface area contributed by atoms with Gasteiger partial charge in [-0.1, -0.05) is 61.9 Å². The van der Waals surface area contributed by atoms with E-state index in [9.17, 15) is 5.26 Å². The third-order valence-electron chi connectivity index (χ3n) is 9.37. The molecule has 0 spiro atoms. The van der Waals surface area contributed by atoms with Gasteiger partial charge in [0.1, 0.15) is 5.82 Å². The van der Waals surface area contributed by atoms with Crippen LogP contribution in [0.2, 0.25) is 0 Å². The van der Waals surface area contributed by atoms with E-state index in [1.54, 1.807) is 7.11 Å². The lowest BCUT2D eigenvalue weighted by atomic mass is 9.76. The zero-order valence-electron chi connectivity index (χ0n) is 24.9. The highest BCUT2D eigenvalue weighted by atomic mass is 16.5. The second-order valence-electron chi connectivity index (χ2n) is 11.8. The highest BCUT2D eigenvalue weighted by Crippen LogP contribution is 2.44. The quantitative estimate of drug-likeness (QED) is 0.220. The Bertz CT molecular complexity index is 1510. The van der Waals surface area contributed by atoms with Crippen molar-refractivity contribution in [3.05, 3.63) is 106 Å². The molecule has 2 heterocycles. The SMILES string of the molecule is CCc1cc(C2CCC2)c(-c2n[nH]c(CCOC)n2)cc1C(c1ccccc1)N1CCC(c2ccc(C#N)cc2)CC1. The highest BCUT2D eigenvalue weighted by Gasteiger charge is 2.32. The van der Waals surface area contributed by atoms with Crippen LogP contribution in [0.5, 0.6) is 0 Å². The van der Waals surface area contributed by atoms with Crippen LogP contribution in [0.1, 0.15) is 96.1 Å². The van der Waals surface area contributed by atoms with Crippen molar-refractivity contribution in [3.8, 4) is 17.5 Å². The lowest BCUT2D eigenvalue weighted by Gasteiger charge is -2.39. The molecule has 1 saturated heterocycles. The summed E-state index contributed by atoms with van der Waals surface area (Å²) >= 11 is 0. The lowest BCUT2D eigenvalue weighted by molar-refractivity contribution is 0.173. The van der Waals surface area contributed by atoms with E-state index in [1.807, 2.05) is 12.1 Å². The van der Waals surface area contributed by atoms with Gasteiger partial charge < -0.3 is 4.74 Å². The van der Waals surface area contributed by atoms with Crippen molar-refractivity contribution in [2.45, 2.75) is 69.7 Å². The number of nitrogens with zero attached hydrogens (tertiary/aromatic N) is 4. The van der Waals surface area contributed by atoms with Crippen molar-refractivity contribution in [1.29, 1.82) is 5.26 Å². The second-order valence-corrected chi connectivity index (χ2v) is 11.8. The van der Waals surface area contributed by atoms with Gasteiger partial charge in [0.05, 0.1) is 24.3 Å². The third kappa shape index (κ3) is 5.90. The highest BCUT2D eigenvalue weighted by molar-refractivity contribution is 5.65. The van der Waals surface area contributed by atoms with Gasteiger partial charge in [0.15, 0.2) is 5.82 Å². The number of aryl methyl sites for hydroxylation is 1. The summed E-state index contributed by atoms with van der Waals surface area (Å²) in [6.07, 6.45) is 7.70. The predicted octanol–water partition coefficient (Wildman–Crippen LogP) is 7.33. The van der Waals surface area contributed by atoms with Crippen molar-refractivity contribution >= 4 is 0 Å². The van der Waals surface area contributed by atoms with Crippen LogP contribution in [-0.4, -0.2) is 46.9 Å². The molecular formula is C36H41N5O. The van der Waals surface area contributed by atoms with Gasteiger partial charge in [-0.3, -0.25) is 10.00 Å². The molecule has 0 radical (unpaired) electrons. The van der Waals surface area contributed by atoms with Crippen molar-refractivity contribution in [2.24, 2.45) is 0 Å². The molecule has 1 aromatic heterocycles. The molecule has 42 heavy (non-hydrogen) atoms. The minimum absolute atomic E-state index is 0.171. The number of aromatic amines is 1. The Hall–Kier alpha value is -3.79. The Labute approximate surface area is 249 Å². The molecule has 1 unspecified atom stereocenters. The molecule has 1 saturated carbocycles. The number of methoxy groups -OCH3 is 1. The predicted molar refractivity (Wildman–Crippen MR) is 166 cm³/mol. The van der Waals surface area contributed by atoms with E-state index >= 15 is 0 Å². The molecule has 2 fully saturated rings. The summed E-state index contributed by atoms with van der Waals surface area (Å²) in [5, 5.41) is 17.1. The Balaban J connectivity index is 1.37. The number of ether oxygens (including phenoxy) is 1. The fourth-order valence-corrected chi connectivity index (χ4v) is 6.76. The molecule has 1 N–H and O–H groups in total. The molecule has 2 aliphatic rings. The zero-order valence-corrected chi connectivity index (χ0v) is 24.9. The lowest BCUT2D eigenvalue weighted by Crippen LogP contribution is -2.37. The van der Waals surface area contributed by atoms with Gasteiger partial charge in [0.25, 0.3) is 0 Å². The first-order valence-corrected chi connectivity index (χ1v) is 15.5. The molecule has 6 heteroatoms. The van der Waals surface area contributed by atoms with E-state index in [1.165, 1.54) is 52.6 Å². The topological polar surface area (TPSA) is 77.8 Å². The van der Waals surface area contributed by atoms with E-state index in [0.717, 1.165) is 56.0 Å². The molecule has 0 amide bonds. The van der Waals surface area contributed by atoms with Crippen LogP contribution in [0.15, 0.2) is 66.7 Å². The smallest absolute Gasteiger partial charge is 0.181 e. The van der Waals surface area contributed by atoms with Crippen molar-refractivity contribution in [2.75, 3.05) is 26.8 Å². The van der Waals surface area contributed by atoms with E-state index in [-0.39, 0.29) is 6.04 Å². The minimum atomic E-state index is 0.171. The standard InChI is InChI=1S/C36H41N5O/c1-3-26-22-31(29-10-7-11-29)33(36-38-34(39-40-36)18-21-42-2)23-32(26)35(30-8-5-4-6-9-30)41-19-16-28(17-20-41)27-14-12-25(24-37)13-15-27/h4-6,8-9,12-15,22-23,28-29,35H,3,7,10-11,16-21H2,1-2H3,(H,38,39,40). The first-order valence-electron chi connectivity index (χ1n) is 15.5. The molecule has 4 aromatic rings. The molecule has 6 nitrogen and oxygen atoms in total. The van der Waals surface area contributed by atoms with E-state index in [2.05, 4.69) is 77.6 Å². The molecular weight excluding hydrogens is 518 g/mol. The molecule has 1 aliphatic carbocycles. The number of aromatic nitrogens is 3. The van der Waals surface area contributed by atoms with Crippen LogP contribution >= 0.6 is 0 Å². The van der Waals surface area contributed by atoms with Gasteiger partial charge in [-0.25, -0.2) is 4.98 Å². The van der Waals surface area contributed by atoms with Crippen molar-refractivity contribution < 1.29 is 4.74 Å². The number of rotatable bonds is 10. The van der Waals surface area contributed by atoms with Gasteiger partial charge in [-0.05, 0) is 103 Å². The monoisotopic (exact) mass is 559 g/mol. The Morgan fingerprint density at radius 3 is 2.40 bits per heavy atom. The van der Waals surface area contributed by atoms with E-state index in [0.29, 0.717) is 18.4 Å². The number of hydrogen-bond donors (Lipinski definition) is 1. The van der Waals surface area contributed by atoms with Crippen LogP contribution in [0.3, 0.4) is 0 Å². The van der Waals surface area contributed by atoms with Crippen LogP contribution < -0.4 is 0 Å². The third-order valence-corrected chi connectivity index (χ3v) is 9.37. The molecule has 6 rings (SSSR count). The Morgan fingerprint density at radius 2 is 1.76 bits per heavy atom. The van der Waals surface area contributed by atoms with Crippen LogP contribution in [0.25, 0.3) is 11.4 Å². The number of likely N-dealkylation sites (tertiary alicyclic amines) is 1. The average molecular weight is 560 g/mol. The molecule has 1 atom stereocenters. The average Bonchev–Trinajstić information content (AvgIpc) is 3.49. The summed E-state index contributed by atoms with van der Waals surface area (Å²) < 4.78 is 5.29. The summed E-state index contributed by atoms with van der Waals surface area (Å²) in [6.45, 7) is 4.96. The summed E-state index contributed by atoms with van der Waals surface area (Å²) in [4.78, 5) is 7.62. The molecule has 3 aromatic carbocycles. The van der Waals surface area contributed by atoms with Gasteiger partial charge >= 0.3 is 0 Å². The first kappa shape index (κ1) is 28.3. The fraction of sp³-hybridized carbons (Fsp3) is 0.417. The van der Waals surface area contributed by atoms with E-state index in [4.69, 9.17) is 14.8 Å². The summed E-state index contributed by atoms with van der Waals surface area (Å²) in [5.41, 5.74) is 8.81. The molecule has 216 valence electrons. The maximum Gasteiger partial charge on any atom is 0.181 e. The largest absolute Gasteiger partial charge is 0.384 e. The maximum absolute atomic E-state index is 9.22. The van der Waals surface area contributed by atoms with Crippen LogP contribution in [0, 0.1) is 11.3 Å². The number of nitrogens with one attached hydrogen (secondary N) is 1. The van der Waals surface area contributed by atoms with Crippen LogP contribution in [-0.2, 0) is 17.6 Å². The minimum Gasteiger partial charge on any atom is -0.384 e. The van der Waals surface area contributed by atoms with Crippen molar-refractivity contribution in [1.82, 2.24) is 20.1 Å². The number of H-pyrrole nitrogens is 1. The second kappa shape index (κ2) is 13.0. The summed E-state index contributed by atoms with van der Waals surface area (Å²) in [5.74, 6) is 2.78. The first-order chi connectivity index (χ1) is 20.7. The van der Waals surface area contributed by atoms with Crippen LogP contribution in [0.4, 0.5) is 0 Å². The van der Waals surface area contributed by atoms with Gasteiger partial charge in [0, 0.05) is 19.1 Å². The summed E-state index contributed by atoms with van der Waals surface area (Å²) in [6, 6.07) is 26.5. The number of benzene rings is 3. The normalized spacial score (nSPS) is 17.1. The summed E-state index contributed by atoms with van der Waals surface area (Å²) in [7, 11) is 1.72. The Morgan fingerprint density at radius 1 is 1.00 bits per heavy atom. The van der Waals surface area contributed by atoms with Crippen molar-refractivity contribution in [3.63, 3.8) is 0 Å². The van der Waals surface area contributed by atoms with Gasteiger partial charge in [0.2, 0.25) is 0 Å². The number of piperidine rings is 1. The van der Waals surface area contributed by atoms with Gasteiger partial charge in [-0.2, -0.15) is 10.4 Å². The van der Waals surface area contributed by atoms with E-state index < -0.39 is 0 Å². The number of hydrogen-bond acceptors (Lipinski definition) is 5. The Kier molecular flexibility index (Phi) is 8.79. The molecule has 1 aliphatic heterocycles. The zero-order chi connectivity index (χ0) is 28.9. The fourth-order valence-electron chi connectivity index (χ4n) is 6.76. The number of nitriles is 1. The van der Waals surface area contributed by atoms with Gasteiger partial charge in [-0.15, -0.1) is 0 Å². The maximum atomic E-state index is 9.22. The molecule has 0 bridgehead atoms.